The van der Waals surface area contributed by atoms with Crippen LogP contribution < -0.4 is 10.1 Å². The number of anilines is 1. The Bertz CT molecular complexity index is 378. The Morgan fingerprint density at radius 3 is 2.67 bits per heavy atom. The zero-order chi connectivity index (χ0) is 13.0. The van der Waals surface area contributed by atoms with E-state index in [4.69, 9.17) is 0 Å². The highest BCUT2D eigenvalue weighted by molar-refractivity contribution is 5.48. The van der Waals surface area contributed by atoms with Gasteiger partial charge in [0.2, 0.25) is 0 Å². The SMILES string of the molecule is CC(Nc1cccc(OC(F)F)c1)C1CCCC1. The summed E-state index contributed by atoms with van der Waals surface area (Å²) in [6.45, 7) is -0.621. The molecule has 2 rings (SSSR count). The van der Waals surface area contributed by atoms with Crippen molar-refractivity contribution in [3.05, 3.63) is 24.3 Å². The lowest BCUT2D eigenvalue weighted by molar-refractivity contribution is -0.0498. The number of hydrogen-bond acceptors (Lipinski definition) is 2. The second kappa shape index (κ2) is 6.03. The maximum absolute atomic E-state index is 12.1. The van der Waals surface area contributed by atoms with Gasteiger partial charge in [0.15, 0.2) is 0 Å². The zero-order valence-corrected chi connectivity index (χ0v) is 10.5. The van der Waals surface area contributed by atoms with Gasteiger partial charge in [-0.1, -0.05) is 18.9 Å². The van der Waals surface area contributed by atoms with Crippen LogP contribution in [0, 0.1) is 5.92 Å². The topological polar surface area (TPSA) is 21.3 Å². The van der Waals surface area contributed by atoms with E-state index >= 15 is 0 Å². The van der Waals surface area contributed by atoms with Gasteiger partial charge in [0.25, 0.3) is 0 Å². The molecule has 1 saturated carbocycles. The first-order chi connectivity index (χ1) is 8.65. The van der Waals surface area contributed by atoms with Gasteiger partial charge < -0.3 is 10.1 Å². The average Bonchev–Trinajstić information content (AvgIpc) is 2.81. The molecule has 1 aliphatic carbocycles. The Morgan fingerprint density at radius 2 is 2.00 bits per heavy atom. The number of alkyl halides is 2. The Balaban J connectivity index is 1.95. The van der Waals surface area contributed by atoms with Crippen molar-refractivity contribution < 1.29 is 13.5 Å². The van der Waals surface area contributed by atoms with E-state index in [1.165, 1.54) is 31.7 Å². The molecule has 1 N–H and O–H groups in total. The molecular weight excluding hydrogens is 236 g/mol. The monoisotopic (exact) mass is 255 g/mol. The van der Waals surface area contributed by atoms with Crippen LogP contribution in [0.4, 0.5) is 14.5 Å². The molecule has 0 amide bonds. The lowest BCUT2D eigenvalue weighted by Gasteiger charge is -2.21. The smallest absolute Gasteiger partial charge is 0.387 e. The molecule has 1 aliphatic rings. The van der Waals surface area contributed by atoms with Crippen LogP contribution in [0.2, 0.25) is 0 Å². The summed E-state index contributed by atoms with van der Waals surface area (Å²) in [6.07, 6.45) is 5.10. The van der Waals surface area contributed by atoms with E-state index in [0.717, 1.165) is 5.69 Å². The highest BCUT2D eigenvalue weighted by atomic mass is 19.3. The lowest BCUT2D eigenvalue weighted by Crippen LogP contribution is -2.23. The van der Waals surface area contributed by atoms with Crippen LogP contribution in [0.15, 0.2) is 24.3 Å². The van der Waals surface area contributed by atoms with Gasteiger partial charge in [0.05, 0.1) is 0 Å². The molecule has 1 aromatic rings. The maximum Gasteiger partial charge on any atom is 0.387 e. The van der Waals surface area contributed by atoms with E-state index in [2.05, 4.69) is 17.0 Å². The molecule has 0 radical (unpaired) electrons. The number of ether oxygens (including phenoxy) is 1. The number of nitrogens with one attached hydrogen (secondary N) is 1. The Morgan fingerprint density at radius 1 is 1.28 bits per heavy atom. The van der Waals surface area contributed by atoms with E-state index in [-0.39, 0.29) is 5.75 Å². The summed E-state index contributed by atoms with van der Waals surface area (Å²) in [5.74, 6) is 0.887. The number of halogens is 2. The molecule has 0 spiro atoms. The molecule has 0 aliphatic heterocycles. The Kier molecular flexibility index (Phi) is 4.39. The minimum absolute atomic E-state index is 0.202. The third-order valence-electron chi connectivity index (χ3n) is 3.56. The number of benzene rings is 1. The largest absolute Gasteiger partial charge is 0.435 e. The van der Waals surface area contributed by atoms with Crippen molar-refractivity contribution in [2.45, 2.75) is 45.3 Å². The molecule has 0 bridgehead atoms. The van der Waals surface area contributed by atoms with Crippen molar-refractivity contribution >= 4 is 5.69 Å². The normalized spacial score (nSPS) is 18.0. The molecule has 1 fully saturated rings. The number of rotatable bonds is 5. The van der Waals surface area contributed by atoms with Crippen LogP contribution >= 0.6 is 0 Å². The summed E-state index contributed by atoms with van der Waals surface area (Å²) in [4.78, 5) is 0. The molecule has 100 valence electrons. The van der Waals surface area contributed by atoms with E-state index in [1.807, 2.05) is 6.07 Å². The first kappa shape index (κ1) is 13.1. The molecule has 0 heterocycles. The van der Waals surface area contributed by atoms with Gasteiger partial charge >= 0.3 is 6.61 Å². The first-order valence-corrected chi connectivity index (χ1v) is 6.46. The van der Waals surface area contributed by atoms with Crippen molar-refractivity contribution in [3.63, 3.8) is 0 Å². The summed E-state index contributed by atoms with van der Waals surface area (Å²) >= 11 is 0. The van der Waals surface area contributed by atoms with Gasteiger partial charge in [-0.2, -0.15) is 8.78 Å². The highest BCUT2D eigenvalue weighted by Crippen LogP contribution is 2.29. The van der Waals surface area contributed by atoms with Gasteiger partial charge in [0.1, 0.15) is 5.75 Å². The second-order valence-corrected chi connectivity index (χ2v) is 4.88. The van der Waals surface area contributed by atoms with Crippen molar-refractivity contribution in [2.75, 3.05) is 5.32 Å². The number of hydrogen-bond donors (Lipinski definition) is 1. The van der Waals surface area contributed by atoms with Crippen LogP contribution in [0.25, 0.3) is 0 Å². The lowest BCUT2D eigenvalue weighted by atomic mass is 9.99. The molecule has 18 heavy (non-hydrogen) atoms. The van der Waals surface area contributed by atoms with E-state index < -0.39 is 6.61 Å². The Hall–Kier alpha value is -1.32. The van der Waals surface area contributed by atoms with Crippen molar-refractivity contribution in [1.29, 1.82) is 0 Å². The standard InChI is InChI=1S/C14H19F2NO/c1-10(11-5-2-3-6-11)17-12-7-4-8-13(9-12)18-14(15)16/h4,7-11,14,17H,2-3,5-6H2,1H3. The van der Waals surface area contributed by atoms with Crippen molar-refractivity contribution in [1.82, 2.24) is 0 Å². The van der Waals surface area contributed by atoms with Crippen LogP contribution in [-0.4, -0.2) is 12.7 Å². The maximum atomic E-state index is 12.1. The average molecular weight is 255 g/mol. The molecule has 0 saturated heterocycles. The third-order valence-corrected chi connectivity index (χ3v) is 3.56. The predicted molar refractivity (Wildman–Crippen MR) is 68.1 cm³/mol. The zero-order valence-electron chi connectivity index (χ0n) is 10.5. The molecule has 2 nitrogen and oxygen atoms in total. The molecule has 1 unspecified atom stereocenters. The molecule has 1 atom stereocenters. The first-order valence-electron chi connectivity index (χ1n) is 6.46. The van der Waals surface area contributed by atoms with Crippen LogP contribution in [-0.2, 0) is 0 Å². The van der Waals surface area contributed by atoms with E-state index in [1.54, 1.807) is 12.1 Å². The highest BCUT2D eigenvalue weighted by Gasteiger charge is 2.21. The molecule has 4 heteroatoms. The van der Waals surface area contributed by atoms with Crippen molar-refractivity contribution in [2.24, 2.45) is 5.92 Å². The summed E-state index contributed by atoms with van der Waals surface area (Å²) in [5.41, 5.74) is 0.840. The summed E-state index contributed by atoms with van der Waals surface area (Å²) < 4.78 is 28.6. The molecule has 1 aromatic carbocycles. The summed E-state index contributed by atoms with van der Waals surface area (Å²) in [6, 6.07) is 7.13. The minimum Gasteiger partial charge on any atom is -0.435 e. The van der Waals surface area contributed by atoms with Gasteiger partial charge in [0, 0.05) is 17.8 Å². The fourth-order valence-electron chi connectivity index (χ4n) is 2.60. The van der Waals surface area contributed by atoms with Crippen LogP contribution in [0.3, 0.4) is 0 Å². The van der Waals surface area contributed by atoms with Gasteiger partial charge in [-0.15, -0.1) is 0 Å². The van der Waals surface area contributed by atoms with Gasteiger partial charge in [-0.25, -0.2) is 0 Å². The van der Waals surface area contributed by atoms with Crippen LogP contribution in [0.1, 0.15) is 32.6 Å². The van der Waals surface area contributed by atoms with E-state index in [9.17, 15) is 8.78 Å². The second-order valence-electron chi connectivity index (χ2n) is 4.88. The fourth-order valence-corrected chi connectivity index (χ4v) is 2.60. The molecule has 0 aromatic heterocycles. The van der Waals surface area contributed by atoms with Gasteiger partial charge in [-0.05, 0) is 37.8 Å². The van der Waals surface area contributed by atoms with Crippen LogP contribution in [0.5, 0.6) is 5.75 Å². The predicted octanol–water partition coefficient (Wildman–Crippen LogP) is 4.28. The van der Waals surface area contributed by atoms with Crippen molar-refractivity contribution in [3.8, 4) is 5.75 Å². The molecular formula is C14H19F2NO. The quantitative estimate of drug-likeness (QED) is 0.848. The summed E-state index contributed by atoms with van der Waals surface area (Å²) in [5, 5.41) is 3.37. The van der Waals surface area contributed by atoms with E-state index in [0.29, 0.717) is 12.0 Å². The Labute approximate surface area is 106 Å². The third kappa shape index (κ3) is 3.59. The summed E-state index contributed by atoms with van der Waals surface area (Å²) in [7, 11) is 0. The van der Waals surface area contributed by atoms with Gasteiger partial charge in [-0.3, -0.25) is 0 Å². The minimum atomic E-state index is -2.77. The fraction of sp³-hybridized carbons (Fsp3) is 0.571.